The van der Waals surface area contributed by atoms with E-state index in [0.717, 1.165) is 23.9 Å². The lowest BCUT2D eigenvalue weighted by atomic mass is 9.74. The van der Waals surface area contributed by atoms with Gasteiger partial charge in [0.2, 0.25) is 0 Å². The fourth-order valence-corrected chi connectivity index (χ4v) is 2.99. The minimum atomic E-state index is -0.408. The predicted molar refractivity (Wildman–Crippen MR) is 82.3 cm³/mol. The second kappa shape index (κ2) is 4.23. The van der Waals surface area contributed by atoms with Gasteiger partial charge in [0.15, 0.2) is 0 Å². The van der Waals surface area contributed by atoms with Gasteiger partial charge in [-0.05, 0) is 57.6 Å². The summed E-state index contributed by atoms with van der Waals surface area (Å²) in [6, 6.07) is 5.83. The van der Waals surface area contributed by atoms with Crippen LogP contribution < -0.4 is 11.2 Å². The Labute approximate surface area is 125 Å². The van der Waals surface area contributed by atoms with Gasteiger partial charge < -0.3 is 15.0 Å². The summed E-state index contributed by atoms with van der Waals surface area (Å²) >= 11 is 6.38. The Morgan fingerprint density at radius 2 is 1.65 bits per heavy atom. The molecule has 20 heavy (non-hydrogen) atoms. The molecule has 0 radical (unpaired) electrons. The van der Waals surface area contributed by atoms with Crippen LogP contribution in [0.1, 0.15) is 46.1 Å². The van der Waals surface area contributed by atoms with Crippen molar-refractivity contribution in [3.63, 3.8) is 0 Å². The molecular weight excluding hydrogens is 272 g/mol. The first kappa shape index (κ1) is 14.4. The largest absolute Gasteiger partial charge is 0.495 e. The van der Waals surface area contributed by atoms with Crippen molar-refractivity contribution in [2.45, 2.75) is 57.3 Å². The number of rotatable bonds is 2. The molecule has 0 unspecified atom stereocenters. The summed E-state index contributed by atoms with van der Waals surface area (Å²) in [5.74, 6) is 0. The van der Waals surface area contributed by atoms with Crippen LogP contribution in [0.3, 0.4) is 0 Å². The first-order chi connectivity index (χ1) is 9.16. The highest BCUT2D eigenvalue weighted by atomic mass is 35.5. The van der Waals surface area contributed by atoms with E-state index in [9.17, 15) is 0 Å². The molecule has 1 aliphatic carbocycles. The number of hydrogen-bond acceptors (Lipinski definition) is 3. The molecule has 3 nitrogen and oxygen atoms in total. The fraction of sp³-hybridized carbons (Fsp3) is 0.600. The van der Waals surface area contributed by atoms with E-state index in [1.165, 1.54) is 0 Å². The molecule has 3 rings (SSSR count). The summed E-state index contributed by atoms with van der Waals surface area (Å²) < 4.78 is 12.3. The lowest BCUT2D eigenvalue weighted by molar-refractivity contribution is 0.00578. The first-order valence-corrected chi connectivity index (χ1v) is 7.48. The molecule has 1 saturated heterocycles. The zero-order valence-corrected chi connectivity index (χ0v) is 13.3. The maximum Gasteiger partial charge on any atom is 0.495 e. The van der Waals surface area contributed by atoms with E-state index in [4.69, 9.17) is 26.6 Å². The Kier molecular flexibility index (Phi) is 3.05. The predicted octanol–water partition coefficient (Wildman–Crippen LogP) is 2.59. The van der Waals surface area contributed by atoms with E-state index in [0.29, 0.717) is 5.02 Å². The third kappa shape index (κ3) is 2.10. The third-order valence-electron chi connectivity index (χ3n) is 4.84. The van der Waals surface area contributed by atoms with Gasteiger partial charge in [-0.2, -0.15) is 0 Å². The molecule has 0 atom stereocenters. The van der Waals surface area contributed by atoms with Crippen LogP contribution in [0.4, 0.5) is 0 Å². The molecule has 1 aromatic carbocycles. The van der Waals surface area contributed by atoms with Gasteiger partial charge in [-0.3, -0.25) is 0 Å². The molecule has 5 heteroatoms. The molecule has 2 N–H and O–H groups in total. The zero-order valence-electron chi connectivity index (χ0n) is 12.5. The molecule has 2 aliphatic rings. The van der Waals surface area contributed by atoms with E-state index in [-0.39, 0.29) is 16.7 Å². The Bertz CT molecular complexity index is 539. The summed E-state index contributed by atoms with van der Waals surface area (Å²) in [4.78, 5) is 0. The first-order valence-electron chi connectivity index (χ1n) is 7.10. The average Bonchev–Trinajstić information content (AvgIpc) is 3.00. The van der Waals surface area contributed by atoms with Gasteiger partial charge in [-0.25, -0.2) is 0 Å². The molecule has 1 heterocycles. The van der Waals surface area contributed by atoms with Gasteiger partial charge in [0.1, 0.15) is 0 Å². The van der Waals surface area contributed by atoms with Gasteiger partial charge in [0.25, 0.3) is 0 Å². The van der Waals surface area contributed by atoms with Gasteiger partial charge in [-0.1, -0.05) is 23.7 Å². The van der Waals surface area contributed by atoms with Crippen molar-refractivity contribution in [3.05, 3.63) is 28.8 Å². The Hall–Kier alpha value is -0.545. The second-order valence-electron chi connectivity index (χ2n) is 6.95. The Morgan fingerprint density at radius 3 is 2.15 bits per heavy atom. The molecule has 1 aliphatic heterocycles. The summed E-state index contributed by atoms with van der Waals surface area (Å²) in [6.45, 7) is 8.19. The molecule has 0 aromatic heterocycles. The molecular formula is C15H21BClNO2. The van der Waals surface area contributed by atoms with Crippen LogP contribution in [-0.2, 0) is 14.8 Å². The summed E-state index contributed by atoms with van der Waals surface area (Å²) in [5, 5.41) is 0.706. The van der Waals surface area contributed by atoms with Crippen molar-refractivity contribution < 1.29 is 9.31 Å². The highest BCUT2D eigenvalue weighted by Gasteiger charge is 2.54. The molecule has 0 bridgehead atoms. The van der Waals surface area contributed by atoms with Gasteiger partial charge in [0.05, 0.1) is 11.2 Å². The SMILES string of the molecule is CC1(C)OB(c2cccc(Cl)c2C2(N)CC2)OC1(C)C. The van der Waals surface area contributed by atoms with E-state index in [1.54, 1.807) is 0 Å². The van der Waals surface area contributed by atoms with Gasteiger partial charge in [-0.15, -0.1) is 0 Å². The quantitative estimate of drug-likeness (QED) is 0.853. The van der Waals surface area contributed by atoms with Gasteiger partial charge in [0, 0.05) is 10.6 Å². The van der Waals surface area contributed by atoms with Crippen LogP contribution in [0.5, 0.6) is 0 Å². The van der Waals surface area contributed by atoms with E-state index in [2.05, 4.69) is 0 Å². The topological polar surface area (TPSA) is 44.5 Å². The minimum Gasteiger partial charge on any atom is -0.399 e. The molecule has 1 aromatic rings. The lowest BCUT2D eigenvalue weighted by Gasteiger charge is -2.32. The van der Waals surface area contributed by atoms with E-state index in [1.807, 2.05) is 45.9 Å². The van der Waals surface area contributed by atoms with Crippen LogP contribution >= 0.6 is 11.6 Å². The number of nitrogens with two attached hydrogens (primary N) is 1. The van der Waals surface area contributed by atoms with Crippen molar-refractivity contribution >= 4 is 24.2 Å². The molecule has 1 saturated carbocycles. The van der Waals surface area contributed by atoms with Crippen molar-refractivity contribution in [2.24, 2.45) is 5.73 Å². The third-order valence-corrected chi connectivity index (χ3v) is 5.15. The van der Waals surface area contributed by atoms with E-state index >= 15 is 0 Å². The Balaban J connectivity index is 2.03. The molecule has 108 valence electrons. The van der Waals surface area contributed by atoms with Crippen LogP contribution in [0, 0.1) is 0 Å². The highest BCUT2D eigenvalue weighted by Crippen LogP contribution is 2.46. The average molecular weight is 294 g/mol. The number of halogens is 1. The van der Waals surface area contributed by atoms with Gasteiger partial charge >= 0.3 is 7.12 Å². The maximum absolute atomic E-state index is 6.38. The monoisotopic (exact) mass is 293 g/mol. The van der Waals surface area contributed by atoms with E-state index < -0.39 is 7.12 Å². The maximum atomic E-state index is 6.38. The molecule has 0 spiro atoms. The van der Waals surface area contributed by atoms with Crippen LogP contribution in [-0.4, -0.2) is 18.3 Å². The zero-order chi connectivity index (χ0) is 14.8. The van der Waals surface area contributed by atoms with Crippen molar-refractivity contribution in [1.82, 2.24) is 0 Å². The van der Waals surface area contributed by atoms with Crippen molar-refractivity contribution in [3.8, 4) is 0 Å². The molecule has 2 fully saturated rings. The lowest BCUT2D eigenvalue weighted by Crippen LogP contribution is -2.41. The summed E-state index contributed by atoms with van der Waals surface area (Å²) in [6.07, 6.45) is 1.92. The second-order valence-corrected chi connectivity index (χ2v) is 7.36. The van der Waals surface area contributed by atoms with Crippen molar-refractivity contribution in [2.75, 3.05) is 0 Å². The van der Waals surface area contributed by atoms with Crippen LogP contribution in [0.25, 0.3) is 0 Å². The Morgan fingerprint density at radius 1 is 1.10 bits per heavy atom. The standard InChI is InChI=1S/C15H21BClNO2/c1-13(2)14(3,4)20-16(19-13)10-6-5-7-11(17)12(10)15(18)8-9-15/h5-7H,8-9,18H2,1-4H3. The summed E-state index contributed by atoms with van der Waals surface area (Å²) in [7, 11) is -0.408. The number of benzene rings is 1. The smallest absolute Gasteiger partial charge is 0.399 e. The summed E-state index contributed by atoms with van der Waals surface area (Å²) in [5.41, 5.74) is 7.31. The van der Waals surface area contributed by atoms with Crippen LogP contribution in [0.2, 0.25) is 5.02 Å². The highest BCUT2D eigenvalue weighted by molar-refractivity contribution is 6.63. The number of hydrogen-bond donors (Lipinski definition) is 1. The fourth-order valence-electron chi connectivity index (χ4n) is 2.62. The van der Waals surface area contributed by atoms with Crippen LogP contribution in [0.15, 0.2) is 18.2 Å². The normalized spacial score (nSPS) is 25.8. The minimum absolute atomic E-state index is 0.308. The molecule has 0 amide bonds. The van der Waals surface area contributed by atoms with Crippen molar-refractivity contribution in [1.29, 1.82) is 0 Å².